The highest BCUT2D eigenvalue weighted by molar-refractivity contribution is 7.19. The summed E-state index contributed by atoms with van der Waals surface area (Å²) in [5.41, 5.74) is 2.72. The minimum absolute atomic E-state index is 0.0485. The van der Waals surface area contributed by atoms with Crippen LogP contribution in [0, 0.1) is 0 Å². The minimum Gasteiger partial charge on any atom is -0.271 e. The Morgan fingerprint density at radius 2 is 2.21 bits per heavy atom. The summed E-state index contributed by atoms with van der Waals surface area (Å²) in [6.07, 6.45) is 1.81. The van der Waals surface area contributed by atoms with Crippen LogP contribution in [0.25, 0.3) is 10.1 Å². The first-order valence-corrected chi connectivity index (χ1v) is 5.24. The summed E-state index contributed by atoms with van der Waals surface area (Å²) in [6, 6.07) is 10.5. The summed E-state index contributed by atoms with van der Waals surface area (Å²) in [5.74, 6) is 5.42. The molecule has 0 saturated heterocycles. The van der Waals surface area contributed by atoms with Crippen molar-refractivity contribution in [2.45, 2.75) is 6.04 Å². The first kappa shape index (κ1) is 9.40. The molecule has 1 aromatic heterocycles. The summed E-state index contributed by atoms with van der Waals surface area (Å²) < 4.78 is 1.28. The second-order valence-corrected chi connectivity index (χ2v) is 4.18. The molecule has 0 amide bonds. The fraction of sp³-hybridized carbons (Fsp3) is 0.0909. The van der Waals surface area contributed by atoms with Crippen molar-refractivity contribution in [2.24, 2.45) is 5.84 Å². The van der Waals surface area contributed by atoms with E-state index in [1.807, 2.05) is 18.2 Å². The van der Waals surface area contributed by atoms with Gasteiger partial charge in [-0.25, -0.2) is 5.43 Å². The molecule has 72 valence electrons. The van der Waals surface area contributed by atoms with E-state index in [0.29, 0.717) is 0 Å². The lowest BCUT2D eigenvalue weighted by atomic mass is 10.2. The number of nitrogens with one attached hydrogen (secondary N) is 1. The third-order valence-electron chi connectivity index (χ3n) is 2.17. The lowest BCUT2D eigenvalue weighted by Gasteiger charge is -2.06. The van der Waals surface area contributed by atoms with E-state index in [-0.39, 0.29) is 6.04 Å². The van der Waals surface area contributed by atoms with Gasteiger partial charge in [0.1, 0.15) is 0 Å². The van der Waals surface area contributed by atoms with Gasteiger partial charge in [0, 0.05) is 9.58 Å². The van der Waals surface area contributed by atoms with Crippen LogP contribution in [-0.4, -0.2) is 0 Å². The highest BCUT2D eigenvalue weighted by Crippen LogP contribution is 2.29. The number of fused-ring (bicyclic) bond motifs is 1. The molecule has 0 aliphatic heterocycles. The summed E-state index contributed by atoms with van der Waals surface area (Å²) in [5, 5.41) is 1.26. The Hall–Kier alpha value is -1.16. The van der Waals surface area contributed by atoms with E-state index in [4.69, 9.17) is 5.84 Å². The molecule has 0 aliphatic rings. The molecule has 0 saturated carbocycles. The van der Waals surface area contributed by atoms with Crippen molar-refractivity contribution in [1.82, 2.24) is 5.43 Å². The molecule has 0 aliphatic carbocycles. The molecule has 3 heteroatoms. The van der Waals surface area contributed by atoms with Crippen LogP contribution in [0.15, 0.2) is 43.0 Å². The normalized spacial score (nSPS) is 12.9. The molecule has 2 aromatic rings. The maximum absolute atomic E-state index is 5.42. The zero-order valence-electron chi connectivity index (χ0n) is 7.73. The van der Waals surface area contributed by atoms with Gasteiger partial charge in [-0.3, -0.25) is 5.84 Å². The van der Waals surface area contributed by atoms with E-state index in [1.165, 1.54) is 15.0 Å². The van der Waals surface area contributed by atoms with Crippen molar-refractivity contribution in [1.29, 1.82) is 0 Å². The Labute approximate surface area is 87.0 Å². The first-order valence-electron chi connectivity index (χ1n) is 4.42. The molecule has 2 nitrogen and oxygen atoms in total. The summed E-state index contributed by atoms with van der Waals surface area (Å²) in [6.45, 7) is 3.74. The Morgan fingerprint density at radius 1 is 1.43 bits per heavy atom. The number of thiophene rings is 1. The summed E-state index contributed by atoms with van der Waals surface area (Å²) in [7, 11) is 0. The monoisotopic (exact) mass is 204 g/mol. The standard InChI is InChI=1S/C11H12N2S/c1-2-9(13-12)11-7-8-5-3-4-6-10(8)14-11/h2-7,9,13H,1,12H2. The molecule has 0 radical (unpaired) electrons. The smallest absolute Gasteiger partial charge is 0.0731 e. The first-order chi connectivity index (χ1) is 6.85. The van der Waals surface area contributed by atoms with Crippen molar-refractivity contribution in [2.75, 3.05) is 0 Å². The zero-order valence-corrected chi connectivity index (χ0v) is 8.55. The van der Waals surface area contributed by atoms with Gasteiger partial charge in [-0.15, -0.1) is 17.9 Å². The van der Waals surface area contributed by atoms with Crippen molar-refractivity contribution in [3.05, 3.63) is 47.9 Å². The molecule has 1 aromatic carbocycles. The Morgan fingerprint density at radius 3 is 2.86 bits per heavy atom. The van der Waals surface area contributed by atoms with Gasteiger partial charge in [0.05, 0.1) is 6.04 Å². The van der Waals surface area contributed by atoms with Gasteiger partial charge >= 0.3 is 0 Å². The largest absolute Gasteiger partial charge is 0.271 e. The molecule has 1 heterocycles. The van der Waals surface area contributed by atoms with Crippen LogP contribution in [0.4, 0.5) is 0 Å². The number of nitrogens with two attached hydrogens (primary N) is 1. The molecule has 2 rings (SSSR count). The molecule has 0 bridgehead atoms. The minimum atomic E-state index is 0.0485. The van der Waals surface area contributed by atoms with Crippen LogP contribution in [-0.2, 0) is 0 Å². The number of hydrazine groups is 1. The van der Waals surface area contributed by atoms with Gasteiger partial charge in [-0.05, 0) is 17.5 Å². The van der Waals surface area contributed by atoms with Crippen LogP contribution in [0.2, 0.25) is 0 Å². The second kappa shape index (κ2) is 3.92. The molecule has 3 N–H and O–H groups in total. The molecular formula is C11H12N2S. The maximum atomic E-state index is 5.42. The average Bonchev–Trinajstić information content (AvgIpc) is 2.63. The van der Waals surface area contributed by atoms with Crippen molar-refractivity contribution >= 4 is 21.4 Å². The van der Waals surface area contributed by atoms with Gasteiger partial charge in [0.25, 0.3) is 0 Å². The third kappa shape index (κ3) is 1.57. The zero-order chi connectivity index (χ0) is 9.97. The topological polar surface area (TPSA) is 38.0 Å². The average molecular weight is 204 g/mol. The number of benzene rings is 1. The predicted octanol–water partition coefficient (Wildman–Crippen LogP) is 2.59. The SMILES string of the molecule is C=CC(NN)c1cc2ccccc2s1. The van der Waals surface area contributed by atoms with Crippen LogP contribution < -0.4 is 11.3 Å². The fourth-order valence-electron chi connectivity index (χ4n) is 1.42. The third-order valence-corrected chi connectivity index (χ3v) is 3.37. The fourth-order valence-corrected chi connectivity index (χ4v) is 2.54. The summed E-state index contributed by atoms with van der Waals surface area (Å²) in [4.78, 5) is 1.20. The molecule has 14 heavy (non-hydrogen) atoms. The van der Waals surface area contributed by atoms with Crippen LogP contribution >= 0.6 is 11.3 Å². The second-order valence-electron chi connectivity index (χ2n) is 3.07. The van der Waals surface area contributed by atoms with Crippen LogP contribution in [0.1, 0.15) is 10.9 Å². The Bertz CT molecular complexity index is 414. The van der Waals surface area contributed by atoms with Gasteiger partial charge in [-0.1, -0.05) is 24.3 Å². The van der Waals surface area contributed by atoms with Gasteiger partial charge in [0.15, 0.2) is 0 Å². The number of rotatable bonds is 3. The van der Waals surface area contributed by atoms with Crippen LogP contribution in [0.5, 0.6) is 0 Å². The van der Waals surface area contributed by atoms with Gasteiger partial charge in [-0.2, -0.15) is 0 Å². The van der Waals surface area contributed by atoms with E-state index >= 15 is 0 Å². The highest BCUT2D eigenvalue weighted by Gasteiger charge is 2.08. The molecule has 1 unspecified atom stereocenters. The summed E-state index contributed by atoms with van der Waals surface area (Å²) >= 11 is 1.74. The van der Waals surface area contributed by atoms with E-state index in [1.54, 1.807) is 11.3 Å². The number of hydrogen-bond acceptors (Lipinski definition) is 3. The Balaban J connectivity index is 2.48. The van der Waals surface area contributed by atoms with Gasteiger partial charge in [0.2, 0.25) is 0 Å². The highest BCUT2D eigenvalue weighted by atomic mass is 32.1. The Kier molecular flexibility index (Phi) is 2.63. The molecular weight excluding hydrogens is 192 g/mol. The maximum Gasteiger partial charge on any atom is 0.0731 e. The van der Waals surface area contributed by atoms with Crippen molar-refractivity contribution in [3.8, 4) is 0 Å². The van der Waals surface area contributed by atoms with E-state index < -0.39 is 0 Å². The lowest BCUT2D eigenvalue weighted by molar-refractivity contribution is 0.667. The van der Waals surface area contributed by atoms with Crippen LogP contribution in [0.3, 0.4) is 0 Å². The van der Waals surface area contributed by atoms with Crippen molar-refractivity contribution < 1.29 is 0 Å². The molecule has 0 spiro atoms. The van der Waals surface area contributed by atoms with E-state index in [0.717, 1.165) is 0 Å². The van der Waals surface area contributed by atoms with Gasteiger partial charge < -0.3 is 0 Å². The molecule has 1 atom stereocenters. The van der Waals surface area contributed by atoms with E-state index in [9.17, 15) is 0 Å². The lowest BCUT2D eigenvalue weighted by Crippen LogP contribution is -2.25. The predicted molar refractivity (Wildman–Crippen MR) is 62.1 cm³/mol. The molecule has 0 fully saturated rings. The number of hydrogen-bond donors (Lipinski definition) is 2. The van der Waals surface area contributed by atoms with Crippen molar-refractivity contribution in [3.63, 3.8) is 0 Å². The van der Waals surface area contributed by atoms with E-state index in [2.05, 4.69) is 30.2 Å². The quantitative estimate of drug-likeness (QED) is 0.458.